The van der Waals surface area contributed by atoms with Gasteiger partial charge in [0.15, 0.2) is 0 Å². The predicted octanol–water partition coefficient (Wildman–Crippen LogP) is 5.70. The van der Waals surface area contributed by atoms with Crippen LogP contribution in [0.3, 0.4) is 0 Å². The molecule has 1 saturated carbocycles. The van der Waals surface area contributed by atoms with Gasteiger partial charge in [0.05, 0.1) is 16.8 Å². The minimum Gasteiger partial charge on any atom is -0.337 e. The van der Waals surface area contributed by atoms with Crippen molar-refractivity contribution in [3.8, 4) is 0 Å². The summed E-state index contributed by atoms with van der Waals surface area (Å²) >= 11 is 12.5. The molecule has 5 rings (SSSR count). The van der Waals surface area contributed by atoms with Crippen LogP contribution in [0.2, 0.25) is 10.0 Å². The van der Waals surface area contributed by atoms with Crippen LogP contribution in [-0.4, -0.2) is 29.6 Å². The standard InChI is InChI=1S/C23H22Cl2FN3O/c24-17-6-9-21(19(25)10-17)29-22(14-4-7-18(26)8-5-14)11-20(27-29)23(30)28-12-15-2-1-3-16(15)13-28/h4-10,15-16,22H,1-3,11-13H2. The monoisotopic (exact) mass is 445 g/mol. The van der Waals surface area contributed by atoms with E-state index in [1.165, 1.54) is 31.4 Å². The molecule has 3 aliphatic rings. The van der Waals surface area contributed by atoms with Gasteiger partial charge in [-0.15, -0.1) is 0 Å². The molecular formula is C23H22Cl2FN3O. The Hall–Kier alpha value is -2.11. The molecule has 0 N–H and O–H groups in total. The van der Waals surface area contributed by atoms with Crippen molar-refractivity contribution in [2.24, 2.45) is 16.9 Å². The number of benzene rings is 2. The van der Waals surface area contributed by atoms with Gasteiger partial charge in [-0.25, -0.2) is 4.39 Å². The lowest BCUT2D eigenvalue weighted by molar-refractivity contribution is -0.123. The van der Waals surface area contributed by atoms with E-state index in [-0.39, 0.29) is 17.8 Å². The Morgan fingerprint density at radius 3 is 2.40 bits per heavy atom. The Morgan fingerprint density at radius 1 is 1.03 bits per heavy atom. The van der Waals surface area contributed by atoms with Crippen LogP contribution in [-0.2, 0) is 4.79 Å². The molecule has 0 radical (unpaired) electrons. The molecule has 1 saturated heterocycles. The highest BCUT2D eigenvalue weighted by Gasteiger charge is 2.41. The van der Waals surface area contributed by atoms with Crippen molar-refractivity contribution in [1.29, 1.82) is 0 Å². The Balaban J connectivity index is 1.46. The molecule has 2 aromatic rings. The molecule has 1 amide bonds. The van der Waals surface area contributed by atoms with Gasteiger partial charge in [-0.05, 0) is 60.6 Å². The zero-order chi connectivity index (χ0) is 20.8. The van der Waals surface area contributed by atoms with Crippen LogP contribution in [0.25, 0.3) is 0 Å². The maximum absolute atomic E-state index is 13.5. The van der Waals surface area contributed by atoms with Crippen LogP contribution >= 0.6 is 23.2 Å². The van der Waals surface area contributed by atoms with Crippen molar-refractivity contribution < 1.29 is 9.18 Å². The molecular weight excluding hydrogens is 424 g/mol. The number of carbonyl (C=O) groups is 1. The first-order valence-corrected chi connectivity index (χ1v) is 11.1. The van der Waals surface area contributed by atoms with Gasteiger partial charge in [-0.1, -0.05) is 41.8 Å². The smallest absolute Gasteiger partial charge is 0.270 e. The zero-order valence-electron chi connectivity index (χ0n) is 16.4. The molecule has 3 unspecified atom stereocenters. The summed E-state index contributed by atoms with van der Waals surface area (Å²) in [6, 6.07) is 11.3. The maximum atomic E-state index is 13.5. The Kier molecular flexibility index (Phi) is 5.19. The van der Waals surface area contributed by atoms with E-state index in [1.54, 1.807) is 35.3 Å². The molecule has 1 aliphatic carbocycles. The fourth-order valence-corrected chi connectivity index (χ4v) is 5.55. The van der Waals surface area contributed by atoms with Gasteiger partial charge in [-0.3, -0.25) is 9.80 Å². The number of likely N-dealkylation sites (tertiary alicyclic amines) is 1. The number of amides is 1. The molecule has 7 heteroatoms. The average molecular weight is 446 g/mol. The first kappa shape index (κ1) is 19.8. The third kappa shape index (κ3) is 3.58. The van der Waals surface area contributed by atoms with E-state index in [9.17, 15) is 9.18 Å². The van der Waals surface area contributed by atoms with Crippen molar-refractivity contribution in [1.82, 2.24) is 4.90 Å². The number of hydrogen-bond donors (Lipinski definition) is 0. The molecule has 2 heterocycles. The predicted molar refractivity (Wildman–Crippen MR) is 118 cm³/mol. The van der Waals surface area contributed by atoms with Crippen molar-refractivity contribution in [2.45, 2.75) is 31.7 Å². The molecule has 30 heavy (non-hydrogen) atoms. The largest absolute Gasteiger partial charge is 0.337 e. The third-order valence-electron chi connectivity index (χ3n) is 6.58. The van der Waals surface area contributed by atoms with Crippen molar-refractivity contribution >= 4 is 40.5 Å². The van der Waals surface area contributed by atoms with Gasteiger partial charge >= 0.3 is 0 Å². The first-order valence-electron chi connectivity index (χ1n) is 10.4. The number of nitrogens with zero attached hydrogens (tertiary/aromatic N) is 3. The maximum Gasteiger partial charge on any atom is 0.270 e. The van der Waals surface area contributed by atoms with Gasteiger partial charge in [-0.2, -0.15) is 5.10 Å². The second kappa shape index (κ2) is 7.86. The van der Waals surface area contributed by atoms with Gasteiger partial charge in [0.1, 0.15) is 11.5 Å². The van der Waals surface area contributed by atoms with Gasteiger partial charge in [0.25, 0.3) is 5.91 Å². The molecule has 2 aromatic carbocycles. The van der Waals surface area contributed by atoms with E-state index < -0.39 is 0 Å². The quantitative estimate of drug-likeness (QED) is 0.607. The lowest BCUT2D eigenvalue weighted by Crippen LogP contribution is -2.35. The van der Waals surface area contributed by atoms with E-state index in [0.29, 0.717) is 39.7 Å². The van der Waals surface area contributed by atoms with E-state index in [4.69, 9.17) is 28.3 Å². The number of hydrogen-bond acceptors (Lipinski definition) is 3. The zero-order valence-corrected chi connectivity index (χ0v) is 17.9. The lowest BCUT2D eigenvalue weighted by atomic mass is 10.0. The van der Waals surface area contributed by atoms with Crippen LogP contribution in [0.15, 0.2) is 47.6 Å². The number of hydrazone groups is 1. The summed E-state index contributed by atoms with van der Waals surface area (Å²) in [4.78, 5) is 15.2. The number of carbonyl (C=O) groups excluding carboxylic acids is 1. The number of rotatable bonds is 3. The van der Waals surface area contributed by atoms with E-state index >= 15 is 0 Å². The summed E-state index contributed by atoms with van der Waals surface area (Å²) < 4.78 is 13.5. The fraction of sp³-hybridized carbons (Fsp3) is 0.391. The minimum atomic E-state index is -0.298. The highest BCUT2D eigenvalue weighted by atomic mass is 35.5. The lowest BCUT2D eigenvalue weighted by Gasteiger charge is -2.25. The molecule has 0 spiro atoms. The number of halogens is 3. The highest BCUT2D eigenvalue weighted by Crippen LogP contribution is 2.41. The highest BCUT2D eigenvalue weighted by molar-refractivity contribution is 6.40. The average Bonchev–Trinajstić information content (AvgIpc) is 3.43. The minimum absolute atomic E-state index is 0.00379. The number of anilines is 1. The molecule has 2 fully saturated rings. The van der Waals surface area contributed by atoms with E-state index in [0.717, 1.165) is 18.7 Å². The topological polar surface area (TPSA) is 35.9 Å². The second-order valence-electron chi connectivity index (χ2n) is 8.42. The number of fused-ring (bicyclic) bond motifs is 1. The van der Waals surface area contributed by atoms with Gasteiger partial charge in [0, 0.05) is 24.5 Å². The Labute approximate surface area is 185 Å². The molecule has 0 aromatic heterocycles. The van der Waals surface area contributed by atoms with E-state index in [2.05, 4.69) is 0 Å². The van der Waals surface area contributed by atoms with Crippen LogP contribution in [0.1, 0.15) is 37.3 Å². The van der Waals surface area contributed by atoms with Crippen LogP contribution in [0.5, 0.6) is 0 Å². The Bertz CT molecular complexity index is 998. The first-order chi connectivity index (χ1) is 14.5. The van der Waals surface area contributed by atoms with Crippen molar-refractivity contribution in [3.05, 3.63) is 63.9 Å². The van der Waals surface area contributed by atoms with Crippen molar-refractivity contribution in [2.75, 3.05) is 18.1 Å². The summed E-state index contributed by atoms with van der Waals surface area (Å²) in [6.07, 6.45) is 4.15. The van der Waals surface area contributed by atoms with Crippen LogP contribution in [0, 0.1) is 17.7 Å². The molecule has 2 aliphatic heterocycles. The van der Waals surface area contributed by atoms with Crippen molar-refractivity contribution in [3.63, 3.8) is 0 Å². The summed E-state index contributed by atoms with van der Waals surface area (Å²) in [7, 11) is 0. The second-order valence-corrected chi connectivity index (χ2v) is 9.26. The fourth-order valence-electron chi connectivity index (χ4n) is 5.06. The molecule has 156 valence electrons. The third-order valence-corrected chi connectivity index (χ3v) is 7.12. The van der Waals surface area contributed by atoms with Gasteiger partial charge in [0.2, 0.25) is 0 Å². The molecule has 3 atom stereocenters. The summed E-state index contributed by atoms with van der Waals surface area (Å²) in [5.74, 6) is 0.967. The van der Waals surface area contributed by atoms with Crippen LogP contribution in [0.4, 0.5) is 10.1 Å². The molecule has 4 nitrogen and oxygen atoms in total. The summed E-state index contributed by atoms with van der Waals surface area (Å²) in [6.45, 7) is 1.65. The summed E-state index contributed by atoms with van der Waals surface area (Å²) in [5, 5.41) is 7.47. The van der Waals surface area contributed by atoms with Gasteiger partial charge < -0.3 is 4.90 Å². The van der Waals surface area contributed by atoms with Crippen LogP contribution < -0.4 is 5.01 Å². The molecule has 0 bridgehead atoms. The Morgan fingerprint density at radius 2 is 1.73 bits per heavy atom. The normalized spacial score (nSPS) is 25.6. The summed E-state index contributed by atoms with van der Waals surface area (Å²) in [5.41, 5.74) is 2.08. The van der Waals surface area contributed by atoms with E-state index in [1.807, 2.05) is 4.90 Å². The SMILES string of the molecule is O=C(C1=NN(c2ccc(Cl)cc2Cl)C(c2ccc(F)cc2)C1)N1CC2CCCC2C1.